The molecule has 24 heavy (non-hydrogen) atoms. The van der Waals surface area contributed by atoms with Gasteiger partial charge in [0, 0.05) is 24.1 Å². The first kappa shape index (κ1) is 15.4. The molecule has 0 saturated carbocycles. The van der Waals surface area contributed by atoms with Gasteiger partial charge in [-0.15, -0.1) is 0 Å². The maximum Gasteiger partial charge on any atom is 0.245 e. The molecule has 122 valence electrons. The van der Waals surface area contributed by atoms with Gasteiger partial charge >= 0.3 is 0 Å². The van der Waals surface area contributed by atoms with Gasteiger partial charge in [-0.05, 0) is 55.0 Å². The number of halogens is 1. The number of fused-ring (bicyclic) bond motifs is 1. The van der Waals surface area contributed by atoms with E-state index in [1.807, 2.05) is 24.3 Å². The second-order valence-corrected chi connectivity index (χ2v) is 6.83. The normalized spacial score (nSPS) is 17.3. The number of hydrogen-bond acceptors (Lipinski definition) is 3. The van der Waals surface area contributed by atoms with Crippen LogP contribution in [-0.4, -0.2) is 9.97 Å². The third-order valence-electron chi connectivity index (χ3n) is 4.65. The zero-order valence-electron chi connectivity index (χ0n) is 13.6. The van der Waals surface area contributed by atoms with Crippen LogP contribution in [0.2, 0.25) is 5.02 Å². The minimum atomic E-state index is 0.390. The summed E-state index contributed by atoms with van der Waals surface area (Å²) in [7, 11) is 0. The fourth-order valence-electron chi connectivity index (χ4n) is 3.41. The predicted octanol–water partition coefficient (Wildman–Crippen LogP) is 5.36. The van der Waals surface area contributed by atoms with Gasteiger partial charge in [-0.3, -0.25) is 4.98 Å². The van der Waals surface area contributed by atoms with E-state index >= 15 is 0 Å². The molecule has 0 fully saturated rings. The van der Waals surface area contributed by atoms with Crippen LogP contribution in [0.15, 0.2) is 47.0 Å². The second-order valence-electron chi connectivity index (χ2n) is 6.42. The van der Waals surface area contributed by atoms with Crippen LogP contribution in [0.1, 0.15) is 41.3 Å². The molecule has 0 saturated heterocycles. The number of nitrogens with zero attached hydrogens (tertiary/aromatic N) is 2. The highest BCUT2D eigenvalue weighted by atomic mass is 35.5. The Morgan fingerprint density at radius 1 is 1.21 bits per heavy atom. The van der Waals surface area contributed by atoms with E-state index in [2.05, 4.69) is 24.0 Å². The summed E-state index contributed by atoms with van der Waals surface area (Å²) in [4.78, 5) is 9.07. The quantitative estimate of drug-likeness (QED) is 0.590. The van der Waals surface area contributed by atoms with Crippen LogP contribution >= 0.6 is 11.6 Å². The first-order valence-corrected chi connectivity index (χ1v) is 8.74. The predicted molar refractivity (Wildman–Crippen MR) is 95.3 cm³/mol. The van der Waals surface area contributed by atoms with E-state index in [1.54, 1.807) is 6.20 Å². The van der Waals surface area contributed by atoms with Crippen molar-refractivity contribution in [3.63, 3.8) is 0 Å². The third-order valence-corrected chi connectivity index (χ3v) is 4.98. The second kappa shape index (κ2) is 6.40. The molecule has 1 atom stereocenters. The van der Waals surface area contributed by atoms with Crippen molar-refractivity contribution in [3.05, 3.63) is 70.2 Å². The molecule has 0 aliphatic heterocycles. The summed E-state index contributed by atoms with van der Waals surface area (Å²) in [6.07, 6.45) is 5.75. The van der Waals surface area contributed by atoms with Gasteiger partial charge in [0.05, 0.1) is 5.69 Å². The molecule has 3 nitrogen and oxygen atoms in total. The summed E-state index contributed by atoms with van der Waals surface area (Å²) in [5.41, 5.74) is 4.25. The lowest BCUT2D eigenvalue weighted by molar-refractivity contribution is 0.505. The average Bonchev–Trinajstić information content (AvgIpc) is 2.88. The Bertz CT molecular complexity index is 857. The molecule has 0 spiro atoms. The Hall–Kier alpha value is -2.13. The van der Waals surface area contributed by atoms with Crippen molar-refractivity contribution in [2.24, 2.45) is 0 Å². The zero-order chi connectivity index (χ0) is 16.5. The van der Waals surface area contributed by atoms with Gasteiger partial charge in [-0.25, -0.2) is 4.98 Å². The van der Waals surface area contributed by atoms with Crippen LogP contribution in [-0.2, 0) is 12.8 Å². The lowest BCUT2D eigenvalue weighted by atomic mass is 9.91. The van der Waals surface area contributed by atoms with Gasteiger partial charge in [0.15, 0.2) is 0 Å². The number of benzene rings is 1. The molecule has 1 unspecified atom stereocenters. The Morgan fingerprint density at radius 3 is 2.92 bits per heavy atom. The largest absolute Gasteiger partial charge is 0.440 e. The molecule has 4 heteroatoms. The summed E-state index contributed by atoms with van der Waals surface area (Å²) in [5.74, 6) is 2.01. The monoisotopic (exact) mass is 338 g/mol. The number of aryl methyl sites for hydroxylation is 2. The minimum Gasteiger partial charge on any atom is -0.440 e. The Balaban J connectivity index is 1.66. The van der Waals surface area contributed by atoms with E-state index in [9.17, 15) is 0 Å². The number of hydrogen-bond donors (Lipinski definition) is 0. The molecule has 1 aromatic carbocycles. The lowest BCUT2D eigenvalue weighted by Crippen LogP contribution is -2.03. The number of rotatable bonds is 2. The Kier molecular flexibility index (Phi) is 4.11. The summed E-state index contributed by atoms with van der Waals surface area (Å²) in [6, 6.07) is 12.1. The van der Waals surface area contributed by atoms with E-state index in [0.717, 1.165) is 47.9 Å². The first-order valence-electron chi connectivity index (χ1n) is 8.37. The first-order chi connectivity index (χ1) is 11.7. The van der Waals surface area contributed by atoms with Gasteiger partial charge in [-0.2, -0.15) is 0 Å². The molecule has 0 bridgehead atoms. The molecule has 1 aliphatic carbocycles. The van der Waals surface area contributed by atoms with Crippen molar-refractivity contribution in [3.8, 4) is 11.6 Å². The van der Waals surface area contributed by atoms with E-state index in [1.165, 1.54) is 11.1 Å². The molecule has 2 heterocycles. The van der Waals surface area contributed by atoms with Crippen LogP contribution in [0.3, 0.4) is 0 Å². The van der Waals surface area contributed by atoms with E-state index in [0.29, 0.717) is 11.8 Å². The maximum atomic E-state index is 6.49. The van der Waals surface area contributed by atoms with Crippen molar-refractivity contribution < 1.29 is 4.42 Å². The van der Waals surface area contributed by atoms with E-state index < -0.39 is 0 Å². The Labute approximate surface area is 146 Å². The fourth-order valence-corrected chi connectivity index (χ4v) is 3.80. The Morgan fingerprint density at radius 2 is 2.12 bits per heavy atom. The molecular formula is C20H19ClN2O. The molecular weight excluding hydrogens is 320 g/mol. The highest BCUT2D eigenvalue weighted by Gasteiger charge is 2.25. The minimum absolute atomic E-state index is 0.390. The van der Waals surface area contributed by atoms with Crippen LogP contribution in [0.4, 0.5) is 0 Å². The lowest BCUT2D eigenvalue weighted by Gasteiger charge is -2.16. The van der Waals surface area contributed by atoms with Crippen molar-refractivity contribution in [2.45, 2.75) is 38.5 Å². The van der Waals surface area contributed by atoms with Crippen LogP contribution in [0, 0.1) is 6.92 Å². The van der Waals surface area contributed by atoms with Crippen molar-refractivity contribution in [1.82, 2.24) is 9.97 Å². The van der Waals surface area contributed by atoms with Crippen molar-refractivity contribution in [2.75, 3.05) is 0 Å². The molecule has 4 rings (SSSR count). The standard InChI is InChI=1S/C20H19ClN2O/c1-13-8-9-15(16(21)11-13)14-5-4-7-19-18(12-14)23-20(24-19)17-6-2-3-10-22-17/h2-3,6,8-11,14H,4-5,7,12H2,1H3. The van der Waals surface area contributed by atoms with Gasteiger partial charge in [0.2, 0.25) is 5.89 Å². The van der Waals surface area contributed by atoms with Gasteiger partial charge < -0.3 is 4.42 Å². The van der Waals surface area contributed by atoms with Gasteiger partial charge in [0.25, 0.3) is 0 Å². The highest BCUT2D eigenvalue weighted by molar-refractivity contribution is 6.31. The summed E-state index contributed by atoms with van der Waals surface area (Å²) < 4.78 is 6.00. The summed E-state index contributed by atoms with van der Waals surface area (Å²) in [6.45, 7) is 2.07. The number of aromatic nitrogens is 2. The maximum absolute atomic E-state index is 6.49. The number of oxazole rings is 1. The van der Waals surface area contributed by atoms with Crippen LogP contribution in [0.25, 0.3) is 11.6 Å². The summed E-state index contributed by atoms with van der Waals surface area (Å²) >= 11 is 6.49. The zero-order valence-corrected chi connectivity index (χ0v) is 14.4. The third kappa shape index (κ3) is 2.96. The van der Waals surface area contributed by atoms with Gasteiger partial charge in [-0.1, -0.05) is 29.8 Å². The van der Waals surface area contributed by atoms with Crippen LogP contribution < -0.4 is 0 Å². The molecule has 2 aromatic heterocycles. The molecule has 0 radical (unpaired) electrons. The molecule has 3 aromatic rings. The van der Waals surface area contributed by atoms with Crippen molar-refractivity contribution >= 4 is 11.6 Å². The van der Waals surface area contributed by atoms with Crippen molar-refractivity contribution in [1.29, 1.82) is 0 Å². The number of pyridine rings is 1. The summed E-state index contributed by atoms with van der Waals surface area (Å²) in [5, 5.41) is 0.858. The molecule has 0 amide bonds. The topological polar surface area (TPSA) is 38.9 Å². The molecule has 1 aliphatic rings. The van der Waals surface area contributed by atoms with E-state index in [4.69, 9.17) is 21.0 Å². The van der Waals surface area contributed by atoms with Gasteiger partial charge in [0.1, 0.15) is 11.5 Å². The fraction of sp³-hybridized carbons (Fsp3) is 0.300. The SMILES string of the molecule is Cc1ccc(C2CCCc3oc(-c4ccccn4)nc3C2)c(Cl)c1. The van der Waals surface area contributed by atoms with Crippen LogP contribution in [0.5, 0.6) is 0 Å². The highest BCUT2D eigenvalue weighted by Crippen LogP contribution is 2.36. The average molecular weight is 339 g/mol. The molecule has 0 N–H and O–H groups in total. The van der Waals surface area contributed by atoms with E-state index in [-0.39, 0.29) is 0 Å². The smallest absolute Gasteiger partial charge is 0.245 e.